The van der Waals surface area contributed by atoms with Gasteiger partial charge in [-0.3, -0.25) is 4.79 Å². The van der Waals surface area contributed by atoms with Crippen molar-refractivity contribution in [1.82, 2.24) is 15.0 Å². The normalized spacial score (nSPS) is 11.3. The quantitative estimate of drug-likeness (QED) is 0.669. The molecule has 3 rings (SSSR count). The van der Waals surface area contributed by atoms with Gasteiger partial charge in [-0.15, -0.1) is 5.10 Å². The number of para-hydroxylation sites is 1. The summed E-state index contributed by atoms with van der Waals surface area (Å²) in [5, 5.41) is 8.82. The predicted molar refractivity (Wildman–Crippen MR) is 83.7 cm³/mol. The average Bonchev–Trinajstić information content (AvgIpc) is 2.90. The number of hydrogen-bond acceptors (Lipinski definition) is 3. The van der Waals surface area contributed by atoms with Crippen molar-refractivity contribution >= 4 is 46.2 Å². The summed E-state index contributed by atoms with van der Waals surface area (Å²) in [6, 6.07) is 12.3. The van der Waals surface area contributed by atoms with Gasteiger partial charge in [0.1, 0.15) is 5.52 Å². The molecule has 0 saturated heterocycles. The first kappa shape index (κ1) is 13.8. The molecule has 4 nitrogen and oxygen atoms in total. The zero-order chi connectivity index (χ0) is 14.8. The van der Waals surface area contributed by atoms with Crippen LogP contribution >= 0.6 is 23.2 Å². The number of carbonyl (C=O) groups excluding carboxylic acids is 1. The summed E-state index contributed by atoms with van der Waals surface area (Å²) in [6.45, 7) is 0. The van der Waals surface area contributed by atoms with Crippen molar-refractivity contribution < 1.29 is 4.79 Å². The maximum Gasteiger partial charge on any atom is 0.272 e. The second kappa shape index (κ2) is 5.68. The number of nitrogens with zero attached hydrogens (tertiary/aromatic N) is 3. The molecule has 0 spiro atoms. The number of rotatable bonds is 2. The van der Waals surface area contributed by atoms with E-state index in [1.54, 1.807) is 36.4 Å². The second-order valence-electron chi connectivity index (χ2n) is 4.33. The molecule has 21 heavy (non-hydrogen) atoms. The van der Waals surface area contributed by atoms with E-state index >= 15 is 0 Å². The number of benzene rings is 2. The van der Waals surface area contributed by atoms with Crippen LogP contribution in [-0.4, -0.2) is 20.9 Å². The summed E-state index contributed by atoms with van der Waals surface area (Å²) in [7, 11) is 0. The Morgan fingerprint density at radius 2 is 1.95 bits per heavy atom. The van der Waals surface area contributed by atoms with E-state index in [1.807, 2.05) is 12.1 Å². The molecule has 0 radical (unpaired) electrons. The number of halogens is 2. The van der Waals surface area contributed by atoms with Crippen LogP contribution in [0.5, 0.6) is 0 Å². The Balaban J connectivity index is 1.91. The van der Waals surface area contributed by atoms with Crippen molar-refractivity contribution in [3.63, 3.8) is 0 Å². The highest BCUT2D eigenvalue weighted by Gasteiger charge is 2.08. The molecule has 1 aromatic heterocycles. The summed E-state index contributed by atoms with van der Waals surface area (Å²) in [5.74, 6) is -0.297. The Morgan fingerprint density at radius 3 is 2.76 bits per heavy atom. The van der Waals surface area contributed by atoms with Gasteiger partial charge in [-0.2, -0.15) is 4.68 Å². The Kier molecular flexibility index (Phi) is 3.73. The van der Waals surface area contributed by atoms with Gasteiger partial charge < -0.3 is 0 Å². The van der Waals surface area contributed by atoms with Gasteiger partial charge >= 0.3 is 0 Å². The lowest BCUT2D eigenvalue weighted by molar-refractivity contribution is 0.0958. The van der Waals surface area contributed by atoms with E-state index in [9.17, 15) is 4.79 Å². The minimum Gasteiger partial charge on any atom is -0.267 e. The lowest BCUT2D eigenvalue weighted by atomic mass is 10.2. The largest absolute Gasteiger partial charge is 0.272 e. The molecular formula is C15H9Cl2N3O. The van der Waals surface area contributed by atoms with Gasteiger partial charge in [-0.1, -0.05) is 46.6 Å². The second-order valence-corrected chi connectivity index (χ2v) is 5.17. The summed E-state index contributed by atoms with van der Waals surface area (Å²) < 4.78 is 1.25. The number of fused-ring (bicyclic) bond motifs is 1. The predicted octanol–water partition coefficient (Wildman–Crippen LogP) is 4.09. The fraction of sp³-hybridized carbons (Fsp3) is 0. The molecule has 3 aromatic rings. The summed E-state index contributed by atoms with van der Waals surface area (Å²) in [5.41, 5.74) is 2.04. The van der Waals surface area contributed by atoms with Gasteiger partial charge in [0.25, 0.3) is 5.91 Å². The van der Waals surface area contributed by atoms with Gasteiger partial charge in [0, 0.05) is 16.1 Å². The maximum absolute atomic E-state index is 12.2. The van der Waals surface area contributed by atoms with E-state index in [4.69, 9.17) is 23.2 Å². The summed E-state index contributed by atoms with van der Waals surface area (Å²) in [6.07, 6.45) is 3.02. The molecule has 0 aliphatic carbocycles. The molecular weight excluding hydrogens is 309 g/mol. The Bertz CT molecular complexity index is 855. The Morgan fingerprint density at radius 1 is 1.14 bits per heavy atom. The number of aromatic nitrogens is 3. The highest BCUT2D eigenvalue weighted by Crippen LogP contribution is 2.22. The highest BCUT2D eigenvalue weighted by atomic mass is 35.5. The minimum absolute atomic E-state index is 0.297. The third-order valence-electron chi connectivity index (χ3n) is 2.93. The molecule has 0 saturated carbocycles. The fourth-order valence-electron chi connectivity index (χ4n) is 1.90. The van der Waals surface area contributed by atoms with Crippen molar-refractivity contribution in [2.45, 2.75) is 0 Å². The third kappa shape index (κ3) is 2.82. The topological polar surface area (TPSA) is 47.8 Å². The van der Waals surface area contributed by atoms with Crippen LogP contribution in [0.2, 0.25) is 10.0 Å². The molecule has 2 aromatic carbocycles. The van der Waals surface area contributed by atoms with Crippen LogP contribution in [0.4, 0.5) is 0 Å². The zero-order valence-corrected chi connectivity index (χ0v) is 12.2. The minimum atomic E-state index is -0.297. The first-order valence-electron chi connectivity index (χ1n) is 6.13. The number of hydrogen-bond donors (Lipinski definition) is 0. The average molecular weight is 318 g/mol. The van der Waals surface area contributed by atoms with E-state index in [1.165, 1.54) is 10.8 Å². The van der Waals surface area contributed by atoms with Crippen LogP contribution in [0.15, 0.2) is 48.5 Å². The SMILES string of the molecule is O=C(/C=C/c1ccc(Cl)cc1Cl)n1nnc2ccccc21. The Hall–Kier alpha value is -2.17. The molecule has 0 unspecified atom stereocenters. The van der Waals surface area contributed by atoms with Crippen LogP contribution < -0.4 is 0 Å². The molecule has 0 bridgehead atoms. The molecule has 1 heterocycles. The van der Waals surface area contributed by atoms with Gasteiger partial charge in [-0.05, 0) is 35.9 Å². The third-order valence-corrected chi connectivity index (χ3v) is 3.49. The van der Waals surface area contributed by atoms with Gasteiger partial charge in [0.2, 0.25) is 0 Å². The summed E-state index contributed by atoms with van der Waals surface area (Å²) >= 11 is 11.9. The van der Waals surface area contributed by atoms with Gasteiger partial charge in [0.15, 0.2) is 0 Å². The zero-order valence-electron chi connectivity index (χ0n) is 10.7. The number of allylic oxidation sites excluding steroid dienone is 1. The monoisotopic (exact) mass is 317 g/mol. The van der Waals surface area contributed by atoms with E-state index in [-0.39, 0.29) is 5.91 Å². The van der Waals surface area contributed by atoms with E-state index in [0.29, 0.717) is 26.6 Å². The number of carbonyl (C=O) groups is 1. The van der Waals surface area contributed by atoms with Crippen LogP contribution in [0, 0.1) is 0 Å². The van der Waals surface area contributed by atoms with Gasteiger partial charge in [0.05, 0.1) is 5.52 Å². The smallest absolute Gasteiger partial charge is 0.267 e. The van der Waals surface area contributed by atoms with E-state index in [0.717, 1.165) is 0 Å². The van der Waals surface area contributed by atoms with Crippen molar-refractivity contribution in [1.29, 1.82) is 0 Å². The lowest BCUT2D eigenvalue weighted by Crippen LogP contribution is -2.08. The Labute approximate surface area is 130 Å². The molecule has 0 aliphatic rings. The molecule has 0 fully saturated rings. The lowest BCUT2D eigenvalue weighted by Gasteiger charge is -1.99. The molecule has 0 aliphatic heterocycles. The van der Waals surface area contributed by atoms with Gasteiger partial charge in [-0.25, -0.2) is 0 Å². The standard InChI is InChI=1S/C15H9Cl2N3O/c16-11-7-5-10(12(17)9-11)6-8-15(21)20-14-4-2-1-3-13(14)18-19-20/h1-9H/b8-6+. The van der Waals surface area contributed by atoms with E-state index < -0.39 is 0 Å². The van der Waals surface area contributed by atoms with Crippen LogP contribution in [0.25, 0.3) is 17.1 Å². The maximum atomic E-state index is 12.2. The van der Waals surface area contributed by atoms with Crippen LogP contribution in [0.3, 0.4) is 0 Å². The molecule has 0 N–H and O–H groups in total. The van der Waals surface area contributed by atoms with Crippen molar-refractivity contribution in [3.05, 3.63) is 64.1 Å². The van der Waals surface area contributed by atoms with Crippen molar-refractivity contribution in [3.8, 4) is 0 Å². The molecule has 0 amide bonds. The summed E-state index contributed by atoms with van der Waals surface area (Å²) in [4.78, 5) is 12.2. The fourth-order valence-corrected chi connectivity index (χ4v) is 2.37. The first-order chi connectivity index (χ1) is 10.1. The van der Waals surface area contributed by atoms with Crippen LogP contribution in [0.1, 0.15) is 10.4 Å². The van der Waals surface area contributed by atoms with Crippen LogP contribution in [-0.2, 0) is 0 Å². The van der Waals surface area contributed by atoms with Crippen molar-refractivity contribution in [2.75, 3.05) is 0 Å². The van der Waals surface area contributed by atoms with Crippen molar-refractivity contribution in [2.24, 2.45) is 0 Å². The molecule has 6 heteroatoms. The molecule has 0 atom stereocenters. The first-order valence-corrected chi connectivity index (χ1v) is 6.88. The molecule has 104 valence electrons. The van der Waals surface area contributed by atoms with E-state index in [2.05, 4.69) is 10.3 Å². The highest BCUT2D eigenvalue weighted by molar-refractivity contribution is 6.35.